The van der Waals surface area contributed by atoms with Crippen molar-refractivity contribution in [1.82, 2.24) is 0 Å². The third kappa shape index (κ3) is 1.60. The van der Waals surface area contributed by atoms with E-state index < -0.39 is 10.5 Å². The van der Waals surface area contributed by atoms with Crippen molar-refractivity contribution in [3.05, 3.63) is 44.8 Å². The molecule has 0 saturated carbocycles. The Kier molecular flexibility index (Phi) is 2.32. The average molecular weight is 221 g/mol. The second-order valence-corrected chi connectivity index (χ2v) is 3.07. The first-order chi connectivity index (χ1) is 7.61. The summed E-state index contributed by atoms with van der Waals surface area (Å²) in [6.07, 6.45) is 0. The molecule has 6 heteroatoms. The normalized spacial score (nSPS) is 10.3. The van der Waals surface area contributed by atoms with Gasteiger partial charge in [0.2, 0.25) is 0 Å². The van der Waals surface area contributed by atoms with E-state index in [4.69, 9.17) is 9.15 Å². The summed E-state index contributed by atoms with van der Waals surface area (Å²) in [6, 6.07) is 5.40. The summed E-state index contributed by atoms with van der Waals surface area (Å²) >= 11 is 0. The van der Waals surface area contributed by atoms with Crippen molar-refractivity contribution in [3.63, 3.8) is 0 Å². The first-order valence-electron chi connectivity index (χ1n) is 4.38. The smallest absolute Gasteiger partial charge is 0.336 e. The predicted molar refractivity (Wildman–Crippen MR) is 55.7 cm³/mol. The molecule has 0 bridgehead atoms. The van der Waals surface area contributed by atoms with Crippen LogP contribution in [0.1, 0.15) is 0 Å². The molecule has 1 aromatic heterocycles. The van der Waals surface area contributed by atoms with E-state index >= 15 is 0 Å². The van der Waals surface area contributed by atoms with Crippen LogP contribution in [0.2, 0.25) is 0 Å². The number of benzene rings is 1. The highest BCUT2D eigenvalue weighted by molar-refractivity contribution is 5.81. The van der Waals surface area contributed by atoms with E-state index in [1.165, 1.54) is 31.4 Å². The van der Waals surface area contributed by atoms with Crippen LogP contribution in [-0.2, 0) is 0 Å². The molecule has 0 aliphatic heterocycles. The van der Waals surface area contributed by atoms with Gasteiger partial charge in [0.25, 0.3) is 0 Å². The molecule has 1 heterocycles. The van der Waals surface area contributed by atoms with E-state index in [1.807, 2.05) is 0 Å². The Morgan fingerprint density at radius 1 is 1.38 bits per heavy atom. The zero-order valence-corrected chi connectivity index (χ0v) is 8.30. The van der Waals surface area contributed by atoms with E-state index in [0.717, 1.165) is 0 Å². The first-order valence-corrected chi connectivity index (χ1v) is 4.38. The van der Waals surface area contributed by atoms with Crippen molar-refractivity contribution in [2.24, 2.45) is 0 Å². The fourth-order valence-electron chi connectivity index (χ4n) is 1.39. The Balaban J connectivity index is 2.80. The Labute approximate surface area is 89.2 Å². The van der Waals surface area contributed by atoms with Gasteiger partial charge < -0.3 is 9.15 Å². The Morgan fingerprint density at radius 2 is 2.12 bits per heavy atom. The van der Waals surface area contributed by atoms with Crippen LogP contribution >= 0.6 is 0 Å². The highest BCUT2D eigenvalue weighted by atomic mass is 16.6. The molecule has 0 fully saturated rings. The summed E-state index contributed by atoms with van der Waals surface area (Å²) in [5.74, 6) is 0.131. The first kappa shape index (κ1) is 10.2. The van der Waals surface area contributed by atoms with Crippen LogP contribution in [0.3, 0.4) is 0 Å². The van der Waals surface area contributed by atoms with Gasteiger partial charge in [-0.15, -0.1) is 0 Å². The van der Waals surface area contributed by atoms with Crippen molar-refractivity contribution in [1.29, 1.82) is 0 Å². The lowest BCUT2D eigenvalue weighted by atomic mass is 10.2. The third-order valence-electron chi connectivity index (χ3n) is 2.12. The quantitative estimate of drug-likeness (QED) is 0.438. The Morgan fingerprint density at radius 3 is 2.75 bits per heavy atom. The second-order valence-electron chi connectivity index (χ2n) is 3.07. The third-order valence-corrected chi connectivity index (χ3v) is 2.12. The Bertz CT molecular complexity index is 616. The predicted octanol–water partition coefficient (Wildman–Crippen LogP) is 1.71. The highest BCUT2D eigenvalue weighted by Crippen LogP contribution is 2.31. The minimum atomic E-state index is -0.592. The number of nitro benzene ring substituents is 1. The zero-order chi connectivity index (χ0) is 11.7. The molecular weight excluding hydrogens is 214 g/mol. The maximum atomic E-state index is 11.0. The van der Waals surface area contributed by atoms with Crippen molar-refractivity contribution in [2.45, 2.75) is 0 Å². The number of methoxy groups -OCH3 is 1. The minimum absolute atomic E-state index is 0.131. The van der Waals surface area contributed by atoms with Crippen LogP contribution in [0.4, 0.5) is 5.69 Å². The minimum Gasteiger partial charge on any atom is -0.490 e. The van der Waals surface area contributed by atoms with E-state index in [0.29, 0.717) is 5.39 Å². The van der Waals surface area contributed by atoms with Crippen LogP contribution in [0.5, 0.6) is 5.75 Å². The number of rotatable bonds is 2. The molecule has 0 unspecified atom stereocenters. The molecule has 0 amide bonds. The molecule has 0 saturated heterocycles. The lowest BCUT2D eigenvalue weighted by Crippen LogP contribution is -1.97. The largest absolute Gasteiger partial charge is 0.490 e. The van der Waals surface area contributed by atoms with Crippen molar-refractivity contribution >= 4 is 16.7 Å². The summed E-state index contributed by atoms with van der Waals surface area (Å²) in [7, 11) is 1.34. The van der Waals surface area contributed by atoms with Gasteiger partial charge in [0.15, 0.2) is 5.75 Å². The number of nitro groups is 1. The van der Waals surface area contributed by atoms with Crippen LogP contribution < -0.4 is 10.4 Å². The molecule has 2 rings (SSSR count). The van der Waals surface area contributed by atoms with Crippen LogP contribution in [0.15, 0.2) is 33.5 Å². The van der Waals surface area contributed by atoms with Crippen LogP contribution in [0, 0.1) is 10.1 Å². The van der Waals surface area contributed by atoms with Gasteiger partial charge in [0, 0.05) is 11.5 Å². The van der Waals surface area contributed by atoms with E-state index in [1.54, 1.807) is 0 Å². The molecule has 0 radical (unpaired) electrons. The fourth-order valence-corrected chi connectivity index (χ4v) is 1.39. The summed E-state index contributed by atoms with van der Waals surface area (Å²) in [5.41, 5.74) is -0.615. The standard InChI is InChI=1S/C10H7NO5/c1-15-9-4-6-2-3-10(12)16-8(6)5-7(9)11(13)14/h2-5H,1H3. The summed E-state index contributed by atoms with van der Waals surface area (Å²) in [4.78, 5) is 21.1. The number of fused-ring (bicyclic) bond motifs is 1. The molecule has 2 aromatic rings. The van der Waals surface area contributed by atoms with Gasteiger partial charge >= 0.3 is 11.3 Å². The number of ether oxygens (including phenoxy) is 1. The fraction of sp³-hybridized carbons (Fsp3) is 0.100. The van der Waals surface area contributed by atoms with Crippen molar-refractivity contribution in [3.8, 4) is 5.75 Å². The molecule has 0 aliphatic carbocycles. The van der Waals surface area contributed by atoms with Gasteiger partial charge in [0.1, 0.15) is 5.58 Å². The molecule has 82 valence electrons. The molecule has 0 atom stereocenters. The maximum absolute atomic E-state index is 11.0. The van der Waals surface area contributed by atoms with Gasteiger partial charge in [-0.3, -0.25) is 10.1 Å². The monoisotopic (exact) mass is 221 g/mol. The molecule has 6 nitrogen and oxygen atoms in total. The second kappa shape index (κ2) is 3.65. The van der Waals surface area contributed by atoms with Gasteiger partial charge in [0.05, 0.1) is 18.1 Å². The molecule has 0 spiro atoms. The van der Waals surface area contributed by atoms with Crippen LogP contribution in [-0.4, -0.2) is 12.0 Å². The number of hydrogen-bond donors (Lipinski definition) is 0. The summed E-state index contributed by atoms with van der Waals surface area (Å²) < 4.78 is 9.72. The molecule has 16 heavy (non-hydrogen) atoms. The molecule has 1 aromatic carbocycles. The number of hydrogen-bond acceptors (Lipinski definition) is 5. The van der Waals surface area contributed by atoms with Gasteiger partial charge in [-0.25, -0.2) is 4.79 Å². The summed E-state index contributed by atoms with van der Waals surface area (Å²) in [6.45, 7) is 0. The van der Waals surface area contributed by atoms with Crippen molar-refractivity contribution < 1.29 is 14.1 Å². The Hall–Kier alpha value is -2.37. The molecular formula is C10H7NO5. The van der Waals surface area contributed by atoms with Crippen LogP contribution in [0.25, 0.3) is 11.0 Å². The van der Waals surface area contributed by atoms with Gasteiger partial charge in [-0.1, -0.05) is 0 Å². The zero-order valence-electron chi connectivity index (χ0n) is 8.30. The lowest BCUT2D eigenvalue weighted by Gasteiger charge is -2.02. The van der Waals surface area contributed by atoms with Gasteiger partial charge in [-0.05, 0) is 12.1 Å². The van der Waals surface area contributed by atoms with Gasteiger partial charge in [-0.2, -0.15) is 0 Å². The average Bonchev–Trinajstić information content (AvgIpc) is 2.27. The lowest BCUT2D eigenvalue weighted by molar-refractivity contribution is -0.385. The highest BCUT2D eigenvalue weighted by Gasteiger charge is 2.16. The van der Waals surface area contributed by atoms with E-state index in [2.05, 4.69) is 0 Å². The maximum Gasteiger partial charge on any atom is 0.336 e. The SMILES string of the molecule is COc1cc2ccc(=O)oc2cc1[N+](=O)[O-]. The topological polar surface area (TPSA) is 82.6 Å². The van der Waals surface area contributed by atoms with Crippen molar-refractivity contribution in [2.75, 3.05) is 7.11 Å². The molecule has 0 aliphatic rings. The molecule has 0 N–H and O–H groups in total. The van der Waals surface area contributed by atoms with E-state index in [-0.39, 0.29) is 17.0 Å². The number of nitrogens with zero attached hydrogens (tertiary/aromatic N) is 1. The summed E-state index contributed by atoms with van der Waals surface area (Å²) in [5, 5.41) is 11.3. The van der Waals surface area contributed by atoms with E-state index in [9.17, 15) is 14.9 Å².